The number of para-hydroxylation sites is 5. The molecule has 0 radical (unpaired) electrons. The average Bonchev–Trinajstić information content (AvgIpc) is 1.58. The molecule has 0 fully saturated rings. The van der Waals surface area contributed by atoms with E-state index in [1.165, 1.54) is 76.5 Å². The summed E-state index contributed by atoms with van der Waals surface area (Å²) < 4.78 is 9.15. The third kappa shape index (κ3) is 18.8. The Bertz CT molecular complexity index is 9380. The van der Waals surface area contributed by atoms with Crippen LogP contribution in [0.25, 0.3) is 235 Å². The number of aromatic amines is 1. The Morgan fingerprint density at radius 1 is 0.180 bits per heavy atom. The number of anilines is 2. The first-order valence-corrected chi connectivity index (χ1v) is 50.1. The highest BCUT2D eigenvalue weighted by Crippen LogP contribution is 2.42. The number of nitrogens with zero attached hydrogens (tertiary/aromatic N) is 13. The first-order valence-electron chi connectivity index (χ1n) is 50.1. The summed E-state index contributed by atoms with van der Waals surface area (Å²) in [6, 6.07) is 184. The quantitative estimate of drug-likeness (QED) is 0.0845. The molecule has 0 amide bonds. The van der Waals surface area contributed by atoms with Crippen LogP contribution in [0.2, 0.25) is 0 Å². The van der Waals surface area contributed by atoms with Crippen LogP contribution in [0.15, 0.2) is 552 Å². The summed E-state index contributed by atoms with van der Waals surface area (Å²) in [5.74, 6) is 5.94. The van der Waals surface area contributed by atoms with E-state index in [-0.39, 0.29) is 0 Å². The van der Waals surface area contributed by atoms with Crippen LogP contribution < -0.4 is 5.32 Å². The summed E-state index contributed by atoms with van der Waals surface area (Å²) in [6.07, 6.45) is 6.45. The van der Waals surface area contributed by atoms with Gasteiger partial charge in [0, 0.05) is 152 Å². The van der Waals surface area contributed by atoms with Crippen molar-refractivity contribution in [3.63, 3.8) is 0 Å². The van der Waals surface area contributed by atoms with Gasteiger partial charge in [0.15, 0.2) is 52.4 Å². The zero-order chi connectivity index (χ0) is 99.8. The van der Waals surface area contributed by atoms with Crippen molar-refractivity contribution in [1.82, 2.24) is 68.1 Å². The number of H-pyrrole nitrogens is 1. The van der Waals surface area contributed by atoms with Gasteiger partial charge in [-0.3, -0.25) is 0 Å². The fourth-order valence-electron chi connectivity index (χ4n) is 19.7. The molecule has 708 valence electrons. The second-order valence-corrected chi connectivity index (χ2v) is 36.7. The van der Waals surface area contributed by atoms with Crippen molar-refractivity contribution in [3.8, 4) is 159 Å². The van der Waals surface area contributed by atoms with Crippen molar-refractivity contribution in [2.75, 3.05) is 5.32 Å². The summed E-state index contributed by atoms with van der Waals surface area (Å²) in [5, 5.41) is 12.4. The molecule has 2 N–H and O–H groups in total. The highest BCUT2D eigenvalue weighted by molar-refractivity contribution is 6.17. The van der Waals surface area contributed by atoms with Gasteiger partial charge in [-0.2, -0.15) is 0 Å². The van der Waals surface area contributed by atoms with Gasteiger partial charge in [-0.1, -0.05) is 413 Å². The molecule has 20 aromatic carbocycles. The summed E-state index contributed by atoms with van der Waals surface area (Å²) >= 11 is 0. The van der Waals surface area contributed by atoms with Gasteiger partial charge in [0.2, 0.25) is 0 Å². The van der Waals surface area contributed by atoms with Crippen LogP contribution in [0.5, 0.6) is 0 Å². The minimum atomic E-state index is 0.637. The Labute approximate surface area is 866 Å². The van der Waals surface area contributed by atoms with Crippen LogP contribution in [0, 0.1) is 0 Å². The lowest BCUT2D eigenvalue weighted by Crippen LogP contribution is -2.00. The standard InChI is InChI=1S/C47H31N5.C47H33N5.C21H15N3.C20H14N2/c1-4-12-34(13-5-1)45-48-46(35-14-6-2-7-15-35)50-47(49-45)36-22-20-32(21-23-36)33-24-26-39(27-25-33)52-42-19-11-10-18-40(42)41-31-43-37(30-44(41)52)28-29-51(43)38-16-8-3-9-17-38;1-5-14-34(15-6-1)42-32-44-38(28-29-52(44)41-22-11-4-12-23-41)31-43(42)48-40-26-24-33(25-27-40)37-20-13-21-39(30-37)47-50-45(35-16-7-2-8-17-35)49-46(51-47)36-18-9-3-10-19-36;1-4-10-16(11-5-1)19-22-20(17-12-6-2-7-13-17)24-21(23-19)18-14-8-3-9-15-18;1-2-6-15(7-3-1)22-13-12-14-10-11-17-16-8-4-5-9-18(16)21-19(17)20(14)22/h1-31H;1-32,48H;1-15H;1-13,21H. The lowest BCUT2D eigenvalue weighted by atomic mass is 10.0. The summed E-state index contributed by atoms with van der Waals surface area (Å²) in [6.45, 7) is 0. The number of benzene rings is 20. The van der Waals surface area contributed by atoms with Crippen molar-refractivity contribution < 1.29 is 0 Å². The van der Waals surface area contributed by atoms with E-state index in [0.29, 0.717) is 52.4 Å². The van der Waals surface area contributed by atoms with E-state index in [9.17, 15) is 0 Å². The summed E-state index contributed by atoms with van der Waals surface area (Å²) in [4.78, 5) is 47.0. The molecule has 0 aliphatic heterocycles. The fraction of sp³-hybridized carbons (Fsp3) is 0. The Kier molecular flexibility index (Phi) is 24.8. The largest absolute Gasteiger partial charge is 0.355 e. The van der Waals surface area contributed by atoms with E-state index in [2.05, 4.69) is 371 Å². The molecule has 0 unspecified atom stereocenters. The first kappa shape index (κ1) is 90.7. The molecule has 15 heteroatoms. The monoisotopic (exact) mass is 1920 g/mol. The number of rotatable bonds is 18. The molecule has 28 rings (SSSR count). The van der Waals surface area contributed by atoms with E-state index in [0.717, 1.165) is 117 Å². The van der Waals surface area contributed by atoms with E-state index < -0.39 is 0 Å². The molecule has 8 heterocycles. The minimum Gasteiger partial charge on any atom is -0.355 e. The predicted molar refractivity (Wildman–Crippen MR) is 615 cm³/mol. The first-order chi connectivity index (χ1) is 74.3. The molecule has 8 aromatic heterocycles. The van der Waals surface area contributed by atoms with Gasteiger partial charge in [-0.15, -0.1) is 0 Å². The molecule has 0 atom stereocenters. The van der Waals surface area contributed by atoms with Gasteiger partial charge in [0.05, 0.1) is 33.1 Å². The van der Waals surface area contributed by atoms with Crippen LogP contribution >= 0.6 is 0 Å². The molecule has 28 aromatic rings. The topological polar surface area (TPSA) is 164 Å². The fourth-order valence-corrected chi connectivity index (χ4v) is 19.7. The molecule has 0 bridgehead atoms. The average molecular weight is 1930 g/mol. The van der Waals surface area contributed by atoms with Crippen LogP contribution in [-0.4, -0.2) is 68.1 Å². The Morgan fingerprint density at radius 3 is 0.960 bits per heavy atom. The van der Waals surface area contributed by atoms with Crippen LogP contribution in [0.4, 0.5) is 11.4 Å². The van der Waals surface area contributed by atoms with Crippen molar-refractivity contribution in [3.05, 3.63) is 552 Å². The van der Waals surface area contributed by atoms with E-state index in [1.54, 1.807) is 0 Å². The number of fused-ring (bicyclic) bond motifs is 10. The molecule has 150 heavy (non-hydrogen) atoms. The number of hydrogen-bond donors (Lipinski definition) is 2. The SMILES string of the molecule is c1ccc(-c2nc(-c3ccccc3)nc(-c3ccc(-c4ccc(-n5c6ccccc6c6cc7c(ccn7-c7ccccc7)cc65)cc4)cc3)n2)cc1.c1ccc(-c2nc(-c3ccccc3)nc(-c3cccc(-c4ccc(Nc5cc6ccn(-c7ccccc7)c6cc5-c5ccccc5)cc4)c3)n2)cc1.c1ccc(-c2nc(-c3ccccc3)nc(-c3ccccc3)n2)cc1.c1ccc(-n2ccc3ccc4c5ccccc5[nH]c4c32)cc1. The molecule has 0 aliphatic carbocycles. The van der Waals surface area contributed by atoms with Gasteiger partial charge < -0.3 is 28.6 Å². The predicted octanol–water partition coefficient (Wildman–Crippen LogP) is 33.6. The smallest absolute Gasteiger partial charge is 0.164 e. The van der Waals surface area contributed by atoms with Crippen LogP contribution in [0.1, 0.15) is 0 Å². The molecule has 0 spiro atoms. The Morgan fingerprint density at radius 2 is 0.507 bits per heavy atom. The van der Waals surface area contributed by atoms with Gasteiger partial charge in [0.1, 0.15) is 0 Å². The van der Waals surface area contributed by atoms with E-state index in [4.69, 9.17) is 29.9 Å². The molecule has 15 nitrogen and oxygen atoms in total. The van der Waals surface area contributed by atoms with Gasteiger partial charge in [-0.25, -0.2) is 44.9 Å². The van der Waals surface area contributed by atoms with Crippen molar-refractivity contribution in [2.45, 2.75) is 0 Å². The third-order valence-corrected chi connectivity index (χ3v) is 27.2. The molecular weight excluding hydrogens is 1830 g/mol. The third-order valence-electron chi connectivity index (χ3n) is 27.2. The second-order valence-electron chi connectivity index (χ2n) is 36.7. The lowest BCUT2D eigenvalue weighted by Gasteiger charge is -2.15. The summed E-state index contributed by atoms with van der Waals surface area (Å²) in [5.41, 5.74) is 30.4. The Hall–Kier alpha value is -20.6. The van der Waals surface area contributed by atoms with Gasteiger partial charge in [0.25, 0.3) is 0 Å². The van der Waals surface area contributed by atoms with Crippen molar-refractivity contribution in [1.29, 1.82) is 0 Å². The normalized spacial score (nSPS) is 11.2. The van der Waals surface area contributed by atoms with Crippen molar-refractivity contribution in [2.24, 2.45) is 0 Å². The highest BCUT2D eigenvalue weighted by Gasteiger charge is 2.22. The van der Waals surface area contributed by atoms with Crippen LogP contribution in [-0.2, 0) is 0 Å². The Balaban J connectivity index is 0.000000111. The van der Waals surface area contributed by atoms with E-state index in [1.807, 2.05) is 224 Å². The number of nitrogens with one attached hydrogen (secondary N) is 2. The maximum atomic E-state index is 4.93. The van der Waals surface area contributed by atoms with Crippen LogP contribution in [0.3, 0.4) is 0 Å². The number of hydrogen-bond acceptors (Lipinski definition) is 10. The number of aromatic nitrogens is 14. The summed E-state index contributed by atoms with van der Waals surface area (Å²) in [7, 11) is 0. The van der Waals surface area contributed by atoms with Gasteiger partial charge >= 0.3 is 0 Å². The zero-order valence-electron chi connectivity index (χ0n) is 81.4. The molecular formula is C135H93N15. The van der Waals surface area contributed by atoms with Gasteiger partial charge in [-0.05, 0) is 149 Å². The van der Waals surface area contributed by atoms with Crippen molar-refractivity contribution >= 4 is 87.7 Å². The maximum absolute atomic E-state index is 4.93. The maximum Gasteiger partial charge on any atom is 0.164 e. The molecule has 0 aliphatic rings. The molecule has 0 saturated carbocycles. The second kappa shape index (κ2) is 41.1. The zero-order valence-corrected chi connectivity index (χ0v) is 81.4. The minimum absolute atomic E-state index is 0.637. The van der Waals surface area contributed by atoms with E-state index >= 15 is 0 Å². The molecule has 0 saturated heterocycles. The lowest BCUT2D eigenvalue weighted by molar-refractivity contribution is 1.07. The highest BCUT2D eigenvalue weighted by atomic mass is 15.1.